The van der Waals surface area contributed by atoms with E-state index in [-0.39, 0.29) is 40.1 Å². The largest absolute Gasteiger partial charge is 0.312 e. The minimum Gasteiger partial charge on any atom is -0.312 e. The Hall–Kier alpha value is -3.07. The van der Waals surface area contributed by atoms with Crippen molar-refractivity contribution in [2.45, 2.75) is 23.2 Å². The second-order valence-electron chi connectivity index (χ2n) is 6.87. The van der Waals surface area contributed by atoms with Crippen molar-refractivity contribution < 1.29 is 18.0 Å². The van der Waals surface area contributed by atoms with E-state index in [1.807, 2.05) is 0 Å². The third-order valence-corrected chi connectivity index (χ3v) is 6.03. The van der Waals surface area contributed by atoms with E-state index in [2.05, 4.69) is 10.3 Å². The van der Waals surface area contributed by atoms with Gasteiger partial charge in [-0.05, 0) is 35.4 Å². The zero-order valence-electron chi connectivity index (χ0n) is 15.8. The number of hydrogen-bond acceptors (Lipinski definition) is 4. The predicted molar refractivity (Wildman–Crippen MR) is 107 cm³/mol. The number of nitrogens with one attached hydrogen (secondary N) is 1. The third kappa shape index (κ3) is 3.72. The number of halogens is 3. The Morgan fingerprint density at radius 2 is 1.90 bits per heavy atom. The van der Waals surface area contributed by atoms with Gasteiger partial charge in [-0.15, -0.1) is 0 Å². The van der Waals surface area contributed by atoms with Crippen LogP contribution >= 0.6 is 11.8 Å². The number of fused-ring (bicyclic) bond motifs is 1. The molecule has 0 unspecified atom stereocenters. The molecule has 4 rings (SSSR count). The Bertz CT molecular complexity index is 1210. The van der Waals surface area contributed by atoms with Crippen LogP contribution in [-0.4, -0.2) is 15.5 Å². The molecule has 0 saturated carbocycles. The molecule has 2 aromatic carbocycles. The molecule has 0 spiro atoms. The number of amides is 1. The standard InChI is InChI=1S/C21H16F3N3O2S/c1-27-19-18(14(9-17(28)25-19)13-8-12(22)6-7-16(13)24)20(29)26-21(27)30-10-11-4-2-3-5-15(11)23/h2-8,14H,9-10H2,1H3,(H,25,28)/t14-/m1/s1. The fourth-order valence-electron chi connectivity index (χ4n) is 3.47. The second-order valence-corrected chi connectivity index (χ2v) is 7.81. The average molecular weight is 431 g/mol. The molecule has 154 valence electrons. The zero-order valence-corrected chi connectivity index (χ0v) is 16.6. The fraction of sp³-hybridized carbons (Fsp3) is 0.190. The van der Waals surface area contributed by atoms with Crippen LogP contribution in [-0.2, 0) is 17.6 Å². The van der Waals surface area contributed by atoms with Crippen molar-refractivity contribution in [3.63, 3.8) is 0 Å². The lowest BCUT2D eigenvalue weighted by Crippen LogP contribution is -2.33. The second kappa shape index (κ2) is 7.98. The van der Waals surface area contributed by atoms with Crippen molar-refractivity contribution in [3.05, 3.63) is 87.0 Å². The summed E-state index contributed by atoms with van der Waals surface area (Å²) in [5.74, 6) is -2.73. The first-order valence-electron chi connectivity index (χ1n) is 9.07. The number of nitrogens with zero attached hydrogens (tertiary/aromatic N) is 2. The van der Waals surface area contributed by atoms with Crippen LogP contribution in [0.2, 0.25) is 0 Å². The predicted octanol–water partition coefficient (Wildman–Crippen LogP) is 3.96. The SMILES string of the molecule is Cn1c(SCc2ccccc2F)nc(=O)c2c1NC(=O)C[C@@H]2c1cc(F)ccc1F. The number of carbonyl (C=O) groups excluding carboxylic acids is 1. The van der Waals surface area contributed by atoms with Crippen LogP contribution in [0, 0.1) is 17.5 Å². The maximum Gasteiger partial charge on any atom is 0.279 e. The molecule has 0 aliphatic carbocycles. The number of thioether (sulfide) groups is 1. The van der Waals surface area contributed by atoms with E-state index in [9.17, 15) is 22.8 Å². The molecule has 9 heteroatoms. The first-order valence-corrected chi connectivity index (χ1v) is 10.1. The Labute approximate surface area is 174 Å². The van der Waals surface area contributed by atoms with Crippen LogP contribution in [0.3, 0.4) is 0 Å². The van der Waals surface area contributed by atoms with Gasteiger partial charge in [-0.1, -0.05) is 30.0 Å². The van der Waals surface area contributed by atoms with Gasteiger partial charge in [0.2, 0.25) is 5.91 Å². The smallest absolute Gasteiger partial charge is 0.279 e. The summed E-state index contributed by atoms with van der Waals surface area (Å²) in [7, 11) is 1.60. The first-order chi connectivity index (χ1) is 14.3. The summed E-state index contributed by atoms with van der Waals surface area (Å²) in [5, 5.41) is 2.90. The topological polar surface area (TPSA) is 64.0 Å². The molecule has 1 atom stereocenters. The highest BCUT2D eigenvalue weighted by Gasteiger charge is 2.33. The lowest BCUT2D eigenvalue weighted by molar-refractivity contribution is -0.116. The van der Waals surface area contributed by atoms with Gasteiger partial charge < -0.3 is 9.88 Å². The summed E-state index contributed by atoms with van der Waals surface area (Å²) < 4.78 is 43.5. The molecule has 1 aliphatic heterocycles. The number of hydrogen-bond donors (Lipinski definition) is 1. The highest BCUT2D eigenvalue weighted by Crippen LogP contribution is 2.37. The van der Waals surface area contributed by atoms with E-state index in [0.29, 0.717) is 5.56 Å². The summed E-state index contributed by atoms with van der Waals surface area (Å²) in [6, 6.07) is 9.18. The van der Waals surface area contributed by atoms with Crippen LogP contribution in [0.25, 0.3) is 0 Å². The van der Waals surface area contributed by atoms with Gasteiger partial charge in [0.15, 0.2) is 5.16 Å². The summed E-state index contributed by atoms with van der Waals surface area (Å²) >= 11 is 1.13. The molecule has 1 aliphatic rings. The van der Waals surface area contributed by atoms with E-state index in [1.54, 1.807) is 25.2 Å². The van der Waals surface area contributed by atoms with E-state index in [1.165, 1.54) is 10.6 Å². The molecular weight excluding hydrogens is 415 g/mol. The van der Waals surface area contributed by atoms with Gasteiger partial charge in [-0.2, -0.15) is 4.98 Å². The summed E-state index contributed by atoms with van der Waals surface area (Å²) in [4.78, 5) is 29.2. The van der Waals surface area contributed by atoms with Crippen molar-refractivity contribution in [2.75, 3.05) is 5.32 Å². The van der Waals surface area contributed by atoms with Crippen molar-refractivity contribution in [1.29, 1.82) is 0 Å². The maximum absolute atomic E-state index is 14.4. The molecule has 1 amide bonds. The Balaban J connectivity index is 1.76. The number of anilines is 1. The monoisotopic (exact) mass is 431 g/mol. The van der Waals surface area contributed by atoms with Crippen LogP contribution in [0.1, 0.15) is 29.0 Å². The summed E-state index contributed by atoms with van der Waals surface area (Å²) in [6.07, 6.45) is -0.202. The van der Waals surface area contributed by atoms with Gasteiger partial charge in [-0.3, -0.25) is 9.59 Å². The van der Waals surface area contributed by atoms with Crippen LogP contribution in [0.15, 0.2) is 52.4 Å². The summed E-state index contributed by atoms with van der Waals surface area (Å²) in [5.41, 5.74) is -0.181. The molecular formula is C21H16F3N3O2S. The number of aromatic nitrogens is 2. The maximum atomic E-state index is 14.4. The summed E-state index contributed by atoms with van der Waals surface area (Å²) in [6.45, 7) is 0. The Kier molecular flexibility index (Phi) is 5.38. The van der Waals surface area contributed by atoms with E-state index in [0.717, 1.165) is 30.0 Å². The number of benzene rings is 2. The minimum absolute atomic E-state index is 0.0724. The molecule has 30 heavy (non-hydrogen) atoms. The van der Waals surface area contributed by atoms with Crippen molar-refractivity contribution in [3.8, 4) is 0 Å². The van der Waals surface area contributed by atoms with E-state index < -0.39 is 29.0 Å². The first kappa shape index (κ1) is 20.2. The van der Waals surface area contributed by atoms with Gasteiger partial charge in [0, 0.05) is 25.1 Å². The molecule has 0 radical (unpaired) electrons. The molecule has 3 aromatic rings. The minimum atomic E-state index is -0.957. The van der Waals surface area contributed by atoms with Gasteiger partial charge in [0.1, 0.15) is 23.3 Å². The number of carbonyl (C=O) groups is 1. The zero-order chi connectivity index (χ0) is 21.4. The van der Waals surface area contributed by atoms with Crippen molar-refractivity contribution in [1.82, 2.24) is 9.55 Å². The van der Waals surface area contributed by atoms with Crippen LogP contribution in [0.5, 0.6) is 0 Å². The molecule has 5 nitrogen and oxygen atoms in total. The fourth-order valence-corrected chi connectivity index (χ4v) is 4.42. The highest BCUT2D eigenvalue weighted by atomic mass is 32.2. The third-order valence-electron chi connectivity index (χ3n) is 4.95. The molecule has 0 saturated heterocycles. The van der Waals surface area contributed by atoms with E-state index in [4.69, 9.17) is 0 Å². The molecule has 1 N–H and O–H groups in total. The van der Waals surface area contributed by atoms with Crippen LogP contribution < -0.4 is 10.9 Å². The quantitative estimate of drug-likeness (QED) is 0.502. The molecule has 0 fully saturated rings. The van der Waals surface area contributed by atoms with E-state index >= 15 is 0 Å². The van der Waals surface area contributed by atoms with Crippen molar-refractivity contribution >= 4 is 23.5 Å². The van der Waals surface area contributed by atoms with Gasteiger partial charge in [0.25, 0.3) is 5.56 Å². The van der Waals surface area contributed by atoms with Gasteiger partial charge >= 0.3 is 0 Å². The Morgan fingerprint density at radius 3 is 2.67 bits per heavy atom. The molecule has 2 heterocycles. The molecule has 1 aromatic heterocycles. The normalized spacial score (nSPS) is 15.6. The number of rotatable bonds is 4. The lowest BCUT2D eigenvalue weighted by Gasteiger charge is -2.27. The van der Waals surface area contributed by atoms with Crippen molar-refractivity contribution in [2.24, 2.45) is 7.05 Å². The Morgan fingerprint density at radius 1 is 1.13 bits per heavy atom. The average Bonchev–Trinajstić information content (AvgIpc) is 2.71. The lowest BCUT2D eigenvalue weighted by atomic mass is 9.86. The van der Waals surface area contributed by atoms with Gasteiger partial charge in [0.05, 0.1) is 5.56 Å². The van der Waals surface area contributed by atoms with Crippen LogP contribution in [0.4, 0.5) is 19.0 Å². The highest BCUT2D eigenvalue weighted by molar-refractivity contribution is 7.98. The molecule has 0 bridgehead atoms. The van der Waals surface area contributed by atoms with Gasteiger partial charge in [-0.25, -0.2) is 13.2 Å².